The third-order valence-corrected chi connectivity index (χ3v) is 1.67. The highest BCUT2D eigenvalue weighted by molar-refractivity contribution is 5.81. The molecule has 0 spiro atoms. The van der Waals surface area contributed by atoms with Gasteiger partial charge < -0.3 is 14.8 Å². The van der Waals surface area contributed by atoms with Gasteiger partial charge in [-0.25, -0.2) is 9.59 Å². The van der Waals surface area contributed by atoms with Crippen molar-refractivity contribution in [3.63, 3.8) is 0 Å². The molecule has 0 aromatic heterocycles. The number of carbonyl (C=O) groups is 2. The minimum atomic E-state index is -0.651. The number of methoxy groups -OCH3 is 1. The van der Waals surface area contributed by atoms with E-state index in [1.807, 2.05) is 13.8 Å². The number of esters is 1. The number of nitrogens with one attached hydrogen (secondary N) is 1. The number of ether oxygens (including phenoxy) is 2. The molecule has 0 saturated carbocycles. The zero-order valence-corrected chi connectivity index (χ0v) is 8.99. The monoisotopic (exact) mass is 203 g/mol. The molecule has 0 fully saturated rings. The van der Waals surface area contributed by atoms with Crippen LogP contribution in [-0.4, -0.2) is 31.8 Å². The van der Waals surface area contributed by atoms with Crippen molar-refractivity contribution in [3.8, 4) is 0 Å². The fraction of sp³-hybridized carbons (Fsp3) is 0.778. The summed E-state index contributed by atoms with van der Waals surface area (Å²) in [6.07, 6.45) is -0.628. The van der Waals surface area contributed by atoms with E-state index >= 15 is 0 Å². The number of alkyl carbamates (subject to hydrolysis) is 1. The summed E-state index contributed by atoms with van der Waals surface area (Å²) in [6, 6.07) is -0.651. The molecule has 1 unspecified atom stereocenters. The van der Waals surface area contributed by atoms with Crippen molar-refractivity contribution >= 4 is 12.1 Å². The second-order valence-electron chi connectivity index (χ2n) is 3.11. The van der Waals surface area contributed by atoms with Crippen molar-refractivity contribution in [1.29, 1.82) is 0 Å². The van der Waals surface area contributed by atoms with E-state index < -0.39 is 18.1 Å². The highest BCUT2D eigenvalue weighted by Crippen LogP contribution is 2.04. The third-order valence-electron chi connectivity index (χ3n) is 1.67. The van der Waals surface area contributed by atoms with Crippen molar-refractivity contribution in [2.45, 2.75) is 26.8 Å². The van der Waals surface area contributed by atoms with E-state index in [0.717, 1.165) is 0 Å². The number of carbonyl (C=O) groups excluding carboxylic acids is 2. The molecule has 0 aliphatic heterocycles. The number of hydrogen-bond acceptors (Lipinski definition) is 4. The van der Waals surface area contributed by atoms with Crippen LogP contribution in [0.1, 0.15) is 20.8 Å². The molecule has 0 rings (SSSR count). The highest BCUT2D eigenvalue weighted by atomic mass is 16.5. The van der Waals surface area contributed by atoms with Crippen molar-refractivity contribution in [3.05, 3.63) is 0 Å². The van der Waals surface area contributed by atoms with Crippen LogP contribution in [0.15, 0.2) is 0 Å². The first-order chi connectivity index (χ1) is 6.52. The normalized spacial score (nSPS) is 12.1. The van der Waals surface area contributed by atoms with Crippen LogP contribution in [0, 0.1) is 5.92 Å². The predicted molar refractivity (Wildman–Crippen MR) is 50.8 cm³/mol. The lowest BCUT2D eigenvalue weighted by molar-refractivity contribution is -0.146. The maximum atomic E-state index is 11.3. The zero-order chi connectivity index (χ0) is 11.1. The summed E-state index contributed by atoms with van der Waals surface area (Å²) < 4.78 is 9.20. The predicted octanol–water partition coefficient (Wildman–Crippen LogP) is 0.930. The Balaban J connectivity index is 4.29. The molecule has 0 heterocycles. The van der Waals surface area contributed by atoms with Crippen LogP contribution in [0.5, 0.6) is 0 Å². The van der Waals surface area contributed by atoms with E-state index in [9.17, 15) is 9.59 Å². The van der Waals surface area contributed by atoms with E-state index in [2.05, 4.69) is 10.1 Å². The van der Waals surface area contributed by atoms with Crippen LogP contribution < -0.4 is 5.32 Å². The first-order valence-electron chi connectivity index (χ1n) is 4.54. The van der Waals surface area contributed by atoms with Gasteiger partial charge in [-0.15, -0.1) is 0 Å². The standard InChI is InChI=1S/C9H17NO4/c1-5-14-8(11)7(6(2)3)10-9(12)13-4/h6-7H,5H2,1-4H3,(H,10,12). The van der Waals surface area contributed by atoms with E-state index in [4.69, 9.17) is 4.74 Å². The van der Waals surface area contributed by atoms with Gasteiger partial charge in [0, 0.05) is 0 Å². The van der Waals surface area contributed by atoms with Crippen LogP contribution in [-0.2, 0) is 14.3 Å². The Bertz CT molecular complexity index is 203. The molecular formula is C9H17NO4. The molecule has 14 heavy (non-hydrogen) atoms. The number of hydrogen-bond donors (Lipinski definition) is 1. The Hall–Kier alpha value is -1.26. The van der Waals surface area contributed by atoms with Gasteiger partial charge in [-0.3, -0.25) is 0 Å². The summed E-state index contributed by atoms with van der Waals surface area (Å²) in [5.74, 6) is -0.471. The van der Waals surface area contributed by atoms with Crippen molar-refractivity contribution < 1.29 is 19.1 Å². The lowest BCUT2D eigenvalue weighted by Crippen LogP contribution is -2.45. The second-order valence-corrected chi connectivity index (χ2v) is 3.11. The summed E-state index contributed by atoms with van der Waals surface area (Å²) in [4.78, 5) is 22.2. The third kappa shape index (κ3) is 4.11. The molecule has 5 heteroatoms. The summed E-state index contributed by atoms with van der Waals surface area (Å²) in [7, 11) is 1.25. The van der Waals surface area contributed by atoms with E-state index in [1.54, 1.807) is 6.92 Å². The van der Waals surface area contributed by atoms with E-state index in [0.29, 0.717) is 6.61 Å². The average Bonchev–Trinajstić information content (AvgIpc) is 2.13. The first-order valence-corrected chi connectivity index (χ1v) is 4.54. The molecular weight excluding hydrogens is 186 g/mol. The topological polar surface area (TPSA) is 64.6 Å². The van der Waals surface area contributed by atoms with Crippen LogP contribution in [0.2, 0.25) is 0 Å². The summed E-state index contributed by atoms with van der Waals surface area (Å²) in [6.45, 7) is 5.65. The Kier molecular flexibility index (Phi) is 5.67. The molecule has 0 radical (unpaired) electrons. The maximum Gasteiger partial charge on any atom is 0.407 e. The molecule has 0 aliphatic carbocycles. The largest absolute Gasteiger partial charge is 0.464 e. The van der Waals surface area contributed by atoms with Gasteiger partial charge in [0.1, 0.15) is 6.04 Å². The first kappa shape index (κ1) is 12.7. The average molecular weight is 203 g/mol. The van der Waals surface area contributed by atoms with Gasteiger partial charge in [0.15, 0.2) is 0 Å². The molecule has 0 aromatic rings. The van der Waals surface area contributed by atoms with Gasteiger partial charge in [-0.2, -0.15) is 0 Å². The Morgan fingerprint density at radius 2 is 1.93 bits per heavy atom. The molecule has 5 nitrogen and oxygen atoms in total. The van der Waals surface area contributed by atoms with Crippen LogP contribution in [0.25, 0.3) is 0 Å². The quantitative estimate of drug-likeness (QED) is 0.690. The van der Waals surface area contributed by atoms with Crippen LogP contribution in [0.3, 0.4) is 0 Å². The molecule has 1 amide bonds. The zero-order valence-electron chi connectivity index (χ0n) is 8.99. The Morgan fingerprint density at radius 3 is 2.29 bits per heavy atom. The van der Waals surface area contributed by atoms with Gasteiger partial charge >= 0.3 is 12.1 Å². The summed E-state index contributed by atoms with van der Waals surface area (Å²) in [5.41, 5.74) is 0. The van der Waals surface area contributed by atoms with Crippen molar-refractivity contribution in [1.82, 2.24) is 5.32 Å². The fourth-order valence-corrected chi connectivity index (χ4v) is 0.916. The molecule has 1 N–H and O–H groups in total. The highest BCUT2D eigenvalue weighted by Gasteiger charge is 2.25. The molecule has 0 saturated heterocycles. The summed E-state index contributed by atoms with van der Waals surface area (Å²) >= 11 is 0. The van der Waals surface area contributed by atoms with Gasteiger partial charge in [0.2, 0.25) is 0 Å². The lowest BCUT2D eigenvalue weighted by atomic mass is 10.1. The molecule has 1 atom stereocenters. The smallest absolute Gasteiger partial charge is 0.407 e. The number of amides is 1. The Morgan fingerprint density at radius 1 is 1.36 bits per heavy atom. The minimum absolute atomic E-state index is 0.0341. The Labute approximate surface area is 83.8 Å². The molecule has 0 aromatic carbocycles. The van der Waals surface area contributed by atoms with Crippen LogP contribution >= 0.6 is 0 Å². The molecule has 82 valence electrons. The fourth-order valence-electron chi connectivity index (χ4n) is 0.916. The minimum Gasteiger partial charge on any atom is -0.464 e. The number of rotatable bonds is 4. The lowest BCUT2D eigenvalue weighted by Gasteiger charge is -2.19. The van der Waals surface area contributed by atoms with Crippen molar-refractivity contribution in [2.24, 2.45) is 5.92 Å². The van der Waals surface area contributed by atoms with E-state index in [-0.39, 0.29) is 5.92 Å². The molecule has 0 bridgehead atoms. The van der Waals surface area contributed by atoms with Gasteiger partial charge in [0.05, 0.1) is 13.7 Å². The van der Waals surface area contributed by atoms with Gasteiger partial charge in [-0.1, -0.05) is 13.8 Å². The summed E-state index contributed by atoms with van der Waals surface area (Å²) in [5, 5.41) is 2.42. The van der Waals surface area contributed by atoms with Crippen LogP contribution in [0.4, 0.5) is 4.79 Å². The SMILES string of the molecule is CCOC(=O)C(NC(=O)OC)C(C)C. The van der Waals surface area contributed by atoms with E-state index in [1.165, 1.54) is 7.11 Å². The maximum absolute atomic E-state index is 11.3. The van der Waals surface area contributed by atoms with Crippen molar-refractivity contribution in [2.75, 3.05) is 13.7 Å². The van der Waals surface area contributed by atoms with Gasteiger partial charge in [0.25, 0.3) is 0 Å². The molecule has 0 aliphatic rings. The second kappa shape index (κ2) is 6.23. The van der Waals surface area contributed by atoms with Gasteiger partial charge in [-0.05, 0) is 12.8 Å².